The van der Waals surface area contributed by atoms with Crippen molar-refractivity contribution in [3.63, 3.8) is 0 Å². The lowest BCUT2D eigenvalue weighted by molar-refractivity contribution is -0.136. The molecule has 1 aliphatic heterocycles. The molecular weight excluding hydrogens is 342 g/mol. The first kappa shape index (κ1) is 18.8. The number of ether oxygens (including phenoxy) is 1. The summed E-state index contributed by atoms with van der Waals surface area (Å²) in [5.74, 6) is -0.535. The van der Waals surface area contributed by atoms with E-state index in [-0.39, 0.29) is 0 Å². The first-order valence-corrected chi connectivity index (χ1v) is 9.23. The molecule has 2 N–H and O–H groups in total. The van der Waals surface area contributed by atoms with Gasteiger partial charge in [0.15, 0.2) is 0 Å². The second-order valence-corrected chi connectivity index (χ2v) is 6.51. The van der Waals surface area contributed by atoms with Crippen molar-refractivity contribution in [1.82, 2.24) is 5.32 Å². The van der Waals surface area contributed by atoms with Crippen molar-refractivity contribution in [3.05, 3.63) is 54.1 Å². The van der Waals surface area contributed by atoms with Crippen molar-refractivity contribution in [3.8, 4) is 5.75 Å². The van der Waals surface area contributed by atoms with E-state index in [4.69, 9.17) is 4.74 Å². The summed E-state index contributed by atoms with van der Waals surface area (Å²) >= 11 is 0. The number of hydrogen-bond donors (Lipinski definition) is 2. The lowest BCUT2D eigenvalue weighted by Crippen LogP contribution is -2.36. The number of rotatable bonds is 6. The third-order valence-electron chi connectivity index (χ3n) is 4.68. The molecule has 1 aliphatic rings. The Hall–Kier alpha value is -3.02. The molecule has 6 nitrogen and oxygen atoms in total. The summed E-state index contributed by atoms with van der Waals surface area (Å²) in [6.45, 7) is 2.50. The van der Waals surface area contributed by atoms with Gasteiger partial charge in [-0.25, -0.2) is 0 Å². The van der Waals surface area contributed by atoms with Crippen molar-refractivity contribution in [2.24, 2.45) is 0 Å². The summed E-state index contributed by atoms with van der Waals surface area (Å²) in [6.07, 6.45) is 3.02. The Morgan fingerprint density at radius 2 is 1.70 bits per heavy atom. The highest BCUT2D eigenvalue weighted by Gasteiger charge is 2.15. The Labute approximate surface area is 159 Å². The van der Waals surface area contributed by atoms with Crippen LogP contribution in [0.15, 0.2) is 48.5 Å². The Bertz CT molecular complexity index is 784. The molecule has 0 unspecified atom stereocenters. The summed E-state index contributed by atoms with van der Waals surface area (Å²) in [5.41, 5.74) is 2.74. The minimum Gasteiger partial charge on any atom is -0.496 e. The van der Waals surface area contributed by atoms with E-state index in [2.05, 4.69) is 15.5 Å². The van der Waals surface area contributed by atoms with Crippen molar-refractivity contribution < 1.29 is 14.3 Å². The first-order valence-electron chi connectivity index (χ1n) is 9.23. The standard InChI is InChI=1S/C21H25N3O3/c1-27-19-7-3-2-6-16(19)12-13-22-20(25)21(26)23-17-8-10-18(11-9-17)24-14-4-5-15-24/h2-3,6-11H,4-5,12-15H2,1H3,(H,22,25)(H,23,26). The van der Waals surface area contributed by atoms with Crippen LogP contribution >= 0.6 is 0 Å². The maximum Gasteiger partial charge on any atom is 0.313 e. The van der Waals surface area contributed by atoms with Crippen LogP contribution in [-0.2, 0) is 16.0 Å². The summed E-state index contributed by atoms with van der Waals surface area (Å²) in [5, 5.41) is 5.28. The fourth-order valence-electron chi connectivity index (χ4n) is 3.22. The molecule has 1 heterocycles. The van der Waals surface area contributed by atoms with Crippen molar-refractivity contribution in [1.29, 1.82) is 0 Å². The topological polar surface area (TPSA) is 70.7 Å². The van der Waals surface area contributed by atoms with Gasteiger partial charge in [0.1, 0.15) is 5.75 Å². The van der Waals surface area contributed by atoms with Gasteiger partial charge in [-0.1, -0.05) is 18.2 Å². The maximum absolute atomic E-state index is 12.1. The number of para-hydroxylation sites is 1. The third kappa shape index (κ3) is 5.00. The van der Waals surface area contributed by atoms with E-state index < -0.39 is 11.8 Å². The Morgan fingerprint density at radius 1 is 1.00 bits per heavy atom. The zero-order chi connectivity index (χ0) is 19.1. The normalized spacial score (nSPS) is 13.3. The molecule has 0 atom stereocenters. The molecule has 1 fully saturated rings. The van der Waals surface area contributed by atoms with Crippen LogP contribution < -0.4 is 20.3 Å². The lowest BCUT2D eigenvalue weighted by Gasteiger charge is -2.17. The molecule has 27 heavy (non-hydrogen) atoms. The Morgan fingerprint density at radius 3 is 2.41 bits per heavy atom. The summed E-state index contributed by atoms with van der Waals surface area (Å²) in [7, 11) is 1.61. The van der Waals surface area contributed by atoms with E-state index in [0.29, 0.717) is 18.7 Å². The van der Waals surface area contributed by atoms with Gasteiger partial charge in [0.05, 0.1) is 7.11 Å². The number of nitrogens with one attached hydrogen (secondary N) is 2. The predicted molar refractivity (Wildman–Crippen MR) is 106 cm³/mol. The summed E-state index contributed by atoms with van der Waals surface area (Å²) in [6, 6.07) is 15.2. The molecule has 142 valence electrons. The van der Waals surface area contributed by atoms with Crippen LogP contribution in [0.1, 0.15) is 18.4 Å². The van der Waals surface area contributed by atoms with Crippen LogP contribution in [0.4, 0.5) is 11.4 Å². The van der Waals surface area contributed by atoms with Gasteiger partial charge >= 0.3 is 11.8 Å². The Kier molecular flexibility index (Phi) is 6.30. The fourth-order valence-corrected chi connectivity index (χ4v) is 3.22. The number of carbonyl (C=O) groups is 2. The summed E-state index contributed by atoms with van der Waals surface area (Å²) in [4.78, 5) is 26.4. The van der Waals surface area contributed by atoms with Crippen LogP contribution in [-0.4, -0.2) is 38.6 Å². The van der Waals surface area contributed by atoms with Gasteiger partial charge < -0.3 is 20.3 Å². The average molecular weight is 367 g/mol. The fraction of sp³-hybridized carbons (Fsp3) is 0.333. The third-order valence-corrected chi connectivity index (χ3v) is 4.68. The monoisotopic (exact) mass is 367 g/mol. The highest BCUT2D eigenvalue weighted by molar-refractivity contribution is 6.39. The highest BCUT2D eigenvalue weighted by Crippen LogP contribution is 2.22. The van der Waals surface area contributed by atoms with E-state index in [1.165, 1.54) is 12.8 Å². The zero-order valence-corrected chi connectivity index (χ0v) is 15.5. The Balaban J connectivity index is 1.46. The molecule has 2 aromatic rings. The molecule has 3 rings (SSSR count). The minimum absolute atomic E-state index is 0.362. The van der Waals surface area contributed by atoms with Gasteiger partial charge in [0.2, 0.25) is 0 Å². The van der Waals surface area contributed by atoms with E-state index in [1.54, 1.807) is 7.11 Å². The van der Waals surface area contributed by atoms with Crippen LogP contribution in [0.5, 0.6) is 5.75 Å². The van der Waals surface area contributed by atoms with Crippen molar-refractivity contribution >= 4 is 23.2 Å². The van der Waals surface area contributed by atoms with Gasteiger partial charge in [-0.05, 0) is 55.2 Å². The SMILES string of the molecule is COc1ccccc1CCNC(=O)C(=O)Nc1ccc(N2CCCC2)cc1. The molecule has 0 aromatic heterocycles. The van der Waals surface area contributed by atoms with Crippen molar-refractivity contribution in [2.75, 3.05) is 37.0 Å². The number of anilines is 2. The van der Waals surface area contributed by atoms with Gasteiger partial charge in [0, 0.05) is 31.0 Å². The number of nitrogens with zero attached hydrogens (tertiary/aromatic N) is 1. The van der Waals surface area contributed by atoms with Crippen LogP contribution in [0, 0.1) is 0 Å². The van der Waals surface area contributed by atoms with E-state index >= 15 is 0 Å². The lowest BCUT2D eigenvalue weighted by atomic mass is 10.1. The van der Waals surface area contributed by atoms with Crippen LogP contribution in [0.25, 0.3) is 0 Å². The quantitative estimate of drug-likeness (QED) is 0.770. The average Bonchev–Trinajstić information content (AvgIpc) is 3.23. The number of methoxy groups -OCH3 is 1. The molecule has 0 aliphatic carbocycles. The molecule has 0 bridgehead atoms. The van der Waals surface area contributed by atoms with E-state index in [1.807, 2.05) is 48.5 Å². The number of benzene rings is 2. The molecule has 6 heteroatoms. The van der Waals surface area contributed by atoms with Crippen LogP contribution in [0.3, 0.4) is 0 Å². The maximum atomic E-state index is 12.1. The second kappa shape index (κ2) is 9.07. The van der Waals surface area contributed by atoms with Crippen LogP contribution in [0.2, 0.25) is 0 Å². The molecule has 0 saturated carbocycles. The van der Waals surface area contributed by atoms with Gasteiger partial charge in [-0.3, -0.25) is 9.59 Å². The number of amides is 2. The molecule has 2 aromatic carbocycles. The van der Waals surface area contributed by atoms with Gasteiger partial charge in [-0.2, -0.15) is 0 Å². The molecule has 2 amide bonds. The summed E-state index contributed by atoms with van der Waals surface area (Å²) < 4.78 is 5.28. The van der Waals surface area contributed by atoms with Gasteiger partial charge in [-0.15, -0.1) is 0 Å². The van der Waals surface area contributed by atoms with Crippen molar-refractivity contribution in [2.45, 2.75) is 19.3 Å². The smallest absolute Gasteiger partial charge is 0.313 e. The predicted octanol–water partition coefficient (Wildman–Crippen LogP) is 2.59. The largest absolute Gasteiger partial charge is 0.496 e. The number of hydrogen-bond acceptors (Lipinski definition) is 4. The highest BCUT2D eigenvalue weighted by atomic mass is 16.5. The molecule has 0 radical (unpaired) electrons. The molecular formula is C21H25N3O3. The first-order chi connectivity index (χ1) is 13.2. The van der Waals surface area contributed by atoms with E-state index in [9.17, 15) is 9.59 Å². The van der Waals surface area contributed by atoms with E-state index in [0.717, 1.165) is 30.1 Å². The number of carbonyl (C=O) groups excluding carboxylic acids is 2. The zero-order valence-electron chi connectivity index (χ0n) is 15.5. The molecule has 0 spiro atoms. The second-order valence-electron chi connectivity index (χ2n) is 6.51. The molecule has 1 saturated heterocycles. The van der Waals surface area contributed by atoms with Gasteiger partial charge in [0.25, 0.3) is 0 Å². The minimum atomic E-state index is -0.663.